The Morgan fingerprint density at radius 1 is 1.47 bits per heavy atom. The first-order chi connectivity index (χ1) is 8.25. The highest BCUT2D eigenvalue weighted by molar-refractivity contribution is 7.16. The smallest absolute Gasteiger partial charge is 0.262 e. The summed E-state index contributed by atoms with van der Waals surface area (Å²) in [4.78, 5) is 17.0. The Morgan fingerprint density at radius 3 is 3.12 bits per heavy atom. The summed E-state index contributed by atoms with van der Waals surface area (Å²) in [5.74, 6) is 0. The molecular formula is C9H5ClN4OS2. The Hall–Kier alpha value is -1.31. The van der Waals surface area contributed by atoms with Crippen molar-refractivity contribution in [1.29, 1.82) is 0 Å². The zero-order chi connectivity index (χ0) is 11.8. The fraction of sp³-hybridized carbons (Fsp3) is 0.111. The van der Waals surface area contributed by atoms with E-state index in [0.717, 1.165) is 16.4 Å². The minimum Gasteiger partial charge on any atom is -0.292 e. The third kappa shape index (κ3) is 1.86. The molecule has 3 aromatic rings. The summed E-state index contributed by atoms with van der Waals surface area (Å²) in [6, 6.07) is 1.77. The molecular weight excluding hydrogens is 280 g/mol. The van der Waals surface area contributed by atoms with Crippen molar-refractivity contribution in [2.24, 2.45) is 0 Å². The molecule has 3 rings (SSSR count). The summed E-state index contributed by atoms with van der Waals surface area (Å²) in [6.45, 7) is 0.299. The van der Waals surface area contributed by atoms with Crippen LogP contribution >= 0.6 is 34.5 Å². The number of hydrogen-bond donors (Lipinski definition) is 0. The number of halogens is 1. The molecule has 3 heterocycles. The molecule has 0 spiro atoms. The van der Waals surface area contributed by atoms with Crippen LogP contribution in [0.25, 0.3) is 10.2 Å². The van der Waals surface area contributed by atoms with Crippen LogP contribution in [-0.2, 0) is 6.54 Å². The van der Waals surface area contributed by atoms with Crippen molar-refractivity contribution in [2.45, 2.75) is 6.54 Å². The van der Waals surface area contributed by atoms with E-state index in [2.05, 4.69) is 14.6 Å². The molecule has 0 amide bonds. The fourth-order valence-electron chi connectivity index (χ4n) is 1.46. The van der Waals surface area contributed by atoms with Crippen molar-refractivity contribution in [1.82, 2.24) is 19.1 Å². The molecule has 0 saturated heterocycles. The van der Waals surface area contributed by atoms with Crippen molar-refractivity contribution >= 4 is 44.7 Å². The molecule has 0 aromatic carbocycles. The van der Waals surface area contributed by atoms with Crippen LogP contribution in [0, 0.1) is 0 Å². The zero-order valence-electron chi connectivity index (χ0n) is 8.33. The highest BCUT2D eigenvalue weighted by Gasteiger charge is 2.09. The van der Waals surface area contributed by atoms with E-state index in [1.807, 2.05) is 5.38 Å². The largest absolute Gasteiger partial charge is 0.292 e. The maximum absolute atomic E-state index is 12.1. The minimum atomic E-state index is -0.0830. The van der Waals surface area contributed by atoms with E-state index in [1.165, 1.54) is 22.2 Å². The van der Waals surface area contributed by atoms with Gasteiger partial charge >= 0.3 is 0 Å². The predicted octanol–water partition coefficient (Wildman–Crippen LogP) is 2.01. The Labute approximate surface area is 108 Å². The van der Waals surface area contributed by atoms with Gasteiger partial charge < -0.3 is 0 Å². The van der Waals surface area contributed by atoms with Gasteiger partial charge in [-0.15, -0.1) is 16.4 Å². The van der Waals surface area contributed by atoms with E-state index in [1.54, 1.807) is 6.07 Å². The van der Waals surface area contributed by atoms with E-state index in [0.29, 0.717) is 22.0 Å². The van der Waals surface area contributed by atoms with Crippen molar-refractivity contribution in [2.75, 3.05) is 0 Å². The van der Waals surface area contributed by atoms with Gasteiger partial charge in [-0.1, -0.05) is 16.1 Å². The van der Waals surface area contributed by atoms with E-state index in [4.69, 9.17) is 11.6 Å². The molecule has 0 radical (unpaired) electrons. The summed E-state index contributed by atoms with van der Waals surface area (Å²) in [5.41, 5.74) is 0.510. The third-order valence-electron chi connectivity index (χ3n) is 2.28. The number of fused-ring (bicyclic) bond motifs is 1. The predicted molar refractivity (Wildman–Crippen MR) is 67.9 cm³/mol. The van der Waals surface area contributed by atoms with Gasteiger partial charge in [0.25, 0.3) is 5.56 Å². The van der Waals surface area contributed by atoms with Crippen LogP contribution in [0.15, 0.2) is 22.6 Å². The average molecular weight is 285 g/mol. The Kier molecular flexibility index (Phi) is 2.65. The molecule has 0 N–H and O–H groups in total. The molecule has 0 bridgehead atoms. The monoisotopic (exact) mass is 284 g/mol. The van der Waals surface area contributed by atoms with Crippen LogP contribution in [0.4, 0.5) is 0 Å². The number of rotatable bonds is 2. The molecule has 5 nitrogen and oxygen atoms in total. The summed E-state index contributed by atoms with van der Waals surface area (Å²) in [7, 11) is 0. The second-order valence-electron chi connectivity index (χ2n) is 3.31. The van der Waals surface area contributed by atoms with E-state index in [9.17, 15) is 4.79 Å². The van der Waals surface area contributed by atoms with Crippen LogP contribution in [0.5, 0.6) is 0 Å². The topological polar surface area (TPSA) is 60.7 Å². The molecule has 86 valence electrons. The van der Waals surface area contributed by atoms with Crippen LogP contribution < -0.4 is 5.56 Å². The van der Waals surface area contributed by atoms with Crippen molar-refractivity contribution < 1.29 is 0 Å². The first kappa shape index (κ1) is 10.8. The van der Waals surface area contributed by atoms with Gasteiger partial charge in [0.15, 0.2) is 0 Å². The average Bonchev–Trinajstić information content (AvgIpc) is 2.92. The van der Waals surface area contributed by atoms with Gasteiger partial charge in [0, 0.05) is 11.5 Å². The summed E-state index contributed by atoms with van der Waals surface area (Å²) >= 11 is 8.45. The van der Waals surface area contributed by atoms with Crippen molar-refractivity contribution in [3.05, 3.63) is 38.2 Å². The molecule has 0 aliphatic rings. The lowest BCUT2D eigenvalue weighted by molar-refractivity contribution is 0.727. The molecule has 0 atom stereocenters. The number of hydrogen-bond acceptors (Lipinski definition) is 6. The number of aromatic nitrogens is 4. The van der Waals surface area contributed by atoms with Gasteiger partial charge in [-0.05, 0) is 11.4 Å². The van der Waals surface area contributed by atoms with Crippen LogP contribution in [-0.4, -0.2) is 19.1 Å². The minimum absolute atomic E-state index is 0.0830. The maximum Gasteiger partial charge on any atom is 0.262 e. The fourth-order valence-corrected chi connectivity index (χ4v) is 2.79. The Morgan fingerprint density at radius 2 is 2.35 bits per heavy atom. The van der Waals surface area contributed by atoms with Crippen LogP contribution in [0.1, 0.15) is 5.69 Å². The molecule has 0 aliphatic carbocycles. The second kappa shape index (κ2) is 4.17. The number of nitrogens with zero attached hydrogens (tertiary/aromatic N) is 4. The SMILES string of the molecule is O=c1c2ccsc2ncn1Cc1nnsc1Cl. The van der Waals surface area contributed by atoms with Gasteiger partial charge in [-0.25, -0.2) is 4.98 Å². The molecule has 8 heteroatoms. The Bertz CT molecular complexity index is 732. The lowest BCUT2D eigenvalue weighted by Gasteiger charge is -2.02. The second-order valence-corrected chi connectivity index (χ2v) is 5.56. The highest BCUT2D eigenvalue weighted by atomic mass is 35.5. The van der Waals surface area contributed by atoms with Gasteiger partial charge in [-0.3, -0.25) is 9.36 Å². The zero-order valence-corrected chi connectivity index (χ0v) is 10.7. The molecule has 3 aromatic heterocycles. The first-order valence-electron chi connectivity index (χ1n) is 4.65. The molecule has 0 aliphatic heterocycles. The standard InChI is InChI=1S/C9H5ClN4OS2/c10-7-6(12-13-17-7)3-14-4-11-8-5(9(14)15)1-2-16-8/h1-2,4H,3H2. The first-order valence-corrected chi connectivity index (χ1v) is 6.68. The normalized spacial score (nSPS) is 11.1. The molecule has 17 heavy (non-hydrogen) atoms. The summed E-state index contributed by atoms with van der Waals surface area (Å²) in [6.07, 6.45) is 1.51. The van der Waals surface area contributed by atoms with Gasteiger partial charge in [0.1, 0.15) is 14.9 Å². The highest BCUT2D eigenvalue weighted by Crippen LogP contribution is 2.18. The molecule has 0 fully saturated rings. The van der Waals surface area contributed by atoms with E-state index < -0.39 is 0 Å². The van der Waals surface area contributed by atoms with Crippen LogP contribution in [0.2, 0.25) is 4.34 Å². The van der Waals surface area contributed by atoms with Crippen molar-refractivity contribution in [3.8, 4) is 0 Å². The van der Waals surface area contributed by atoms with Crippen molar-refractivity contribution in [3.63, 3.8) is 0 Å². The number of thiophene rings is 1. The summed E-state index contributed by atoms with van der Waals surface area (Å²) < 4.78 is 5.71. The van der Waals surface area contributed by atoms with Gasteiger partial charge in [-0.2, -0.15) is 0 Å². The third-order valence-corrected chi connectivity index (χ3v) is 4.09. The van der Waals surface area contributed by atoms with E-state index >= 15 is 0 Å². The van der Waals surface area contributed by atoms with Crippen LogP contribution in [0.3, 0.4) is 0 Å². The summed E-state index contributed by atoms with van der Waals surface area (Å²) in [5, 5.41) is 6.34. The maximum atomic E-state index is 12.1. The molecule has 0 unspecified atom stereocenters. The quantitative estimate of drug-likeness (QED) is 0.722. The van der Waals surface area contributed by atoms with Gasteiger partial charge in [0.2, 0.25) is 0 Å². The molecule has 0 saturated carbocycles. The Balaban J connectivity index is 2.09. The lowest BCUT2D eigenvalue weighted by Crippen LogP contribution is -2.20. The van der Waals surface area contributed by atoms with E-state index in [-0.39, 0.29) is 5.56 Å². The lowest BCUT2D eigenvalue weighted by atomic mass is 10.4. The van der Waals surface area contributed by atoms with Gasteiger partial charge in [0.05, 0.1) is 18.3 Å².